The van der Waals surface area contributed by atoms with E-state index in [9.17, 15) is 9.59 Å². The Kier molecular flexibility index (Phi) is 6.90. The predicted molar refractivity (Wildman–Crippen MR) is 134 cm³/mol. The smallest absolute Gasteiger partial charge is 0.224 e. The number of aromatic nitrogens is 3. The number of nitrogens with one attached hydrogen (secondary N) is 2. The second-order valence-electron chi connectivity index (χ2n) is 9.58. The minimum Gasteiger partial charge on any atom is -0.355 e. The number of fused-ring (bicyclic) bond motifs is 3. The highest BCUT2D eigenvalue weighted by atomic mass is 16.2. The Balaban J connectivity index is 1.16. The maximum atomic E-state index is 12.7. The molecule has 6 rings (SSSR count). The van der Waals surface area contributed by atoms with E-state index >= 15 is 0 Å². The zero-order valence-corrected chi connectivity index (χ0v) is 20.1. The number of benzene rings is 2. The van der Waals surface area contributed by atoms with Crippen LogP contribution < -0.4 is 10.6 Å². The van der Waals surface area contributed by atoms with E-state index in [1.165, 1.54) is 18.1 Å². The van der Waals surface area contributed by atoms with E-state index in [-0.39, 0.29) is 17.7 Å². The van der Waals surface area contributed by atoms with Crippen molar-refractivity contribution in [1.29, 1.82) is 0 Å². The van der Waals surface area contributed by atoms with Gasteiger partial charge in [-0.2, -0.15) is 0 Å². The number of piperidine rings is 3. The molecule has 2 unspecified atom stereocenters. The third-order valence-corrected chi connectivity index (χ3v) is 7.24. The van der Waals surface area contributed by atoms with Crippen molar-refractivity contribution in [2.75, 3.05) is 26.2 Å². The number of rotatable bonds is 8. The Hall–Kier alpha value is -3.52. The van der Waals surface area contributed by atoms with Gasteiger partial charge in [-0.3, -0.25) is 19.2 Å². The minimum atomic E-state index is -0.0783. The molecule has 3 aliphatic rings. The fraction of sp³-hybridized carbons (Fsp3) is 0.407. The SMILES string of the molecule is CC(=O)NCCNC(=O)[C@H]1CN2CCC1C[C@@H]2Cn1cc(-c2ccc(-c3ccccc3)cc2)nn1. The highest BCUT2D eigenvalue weighted by Crippen LogP contribution is 2.37. The largest absolute Gasteiger partial charge is 0.355 e. The maximum Gasteiger partial charge on any atom is 0.224 e. The van der Waals surface area contributed by atoms with Crippen LogP contribution in [0.25, 0.3) is 22.4 Å². The molecular formula is C27H32N6O2. The zero-order valence-electron chi connectivity index (χ0n) is 20.1. The van der Waals surface area contributed by atoms with Gasteiger partial charge in [-0.25, -0.2) is 0 Å². The molecule has 2 aromatic carbocycles. The topological polar surface area (TPSA) is 92.2 Å². The van der Waals surface area contributed by atoms with Crippen LogP contribution in [0.4, 0.5) is 0 Å². The minimum absolute atomic E-state index is 0.0202. The van der Waals surface area contributed by atoms with Crippen LogP contribution >= 0.6 is 0 Å². The Morgan fingerprint density at radius 3 is 2.40 bits per heavy atom. The average Bonchev–Trinajstić information content (AvgIpc) is 3.36. The Labute approximate surface area is 205 Å². The first-order valence-corrected chi connectivity index (χ1v) is 12.4. The lowest BCUT2D eigenvalue weighted by Gasteiger charge is -2.49. The van der Waals surface area contributed by atoms with Crippen molar-refractivity contribution in [3.63, 3.8) is 0 Å². The van der Waals surface area contributed by atoms with Gasteiger partial charge < -0.3 is 10.6 Å². The molecule has 2 amide bonds. The summed E-state index contributed by atoms with van der Waals surface area (Å²) in [6.45, 7) is 5.00. The second-order valence-corrected chi connectivity index (χ2v) is 9.58. The molecule has 8 nitrogen and oxygen atoms in total. The van der Waals surface area contributed by atoms with Crippen molar-refractivity contribution < 1.29 is 9.59 Å². The molecule has 8 heteroatoms. The predicted octanol–water partition coefficient (Wildman–Crippen LogP) is 2.57. The first kappa shape index (κ1) is 23.2. The summed E-state index contributed by atoms with van der Waals surface area (Å²) in [5.74, 6) is 0.432. The van der Waals surface area contributed by atoms with Gasteiger partial charge in [0.1, 0.15) is 5.69 Å². The van der Waals surface area contributed by atoms with Crippen molar-refractivity contribution in [1.82, 2.24) is 30.5 Å². The summed E-state index contributed by atoms with van der Waals surface area (Å²) in [7, 11) is 0. The van der Waals surface area contributed by atoms with Gasteiger partial charge in [0.25, 0.3) is 0 Å². The summed E-state index contributed by atoms with van der Waals surface area (Å²) < 4.78 is 1.94. The number of hydrogen-bond acceptors (Lipinski definition) is 5. The number of nitrogens with zero attached hydrogens (tertiary/aromatic N) is 4. The van der Waals surface area contributed by atoms with Crippen molar-refractivity contribution in [2.45, 2.75) is 32.4 Å². The standard InChI is InChI=1S/C27H32N6O2/c1-19(34)28-12-13-29-27(35)25-17-32-14-11-23(25)15-24(32)16-33-18-26(30-31-33)22-9-7-21(8-10-22)20-5-3-2-4-6-20/h2-10,18,23-25H,11-17H2,1H3,(H,28,34)(H,29,35)/t23?,24-,25+/m1/s1. The Morgan fingerprint density at radius 2 is 1.69 bits per heavy atom. The van der Waals surface area contributed by atoms with Crippen LogP contribution in [-0.2, 0) is 16.1 Å². The van der Waals surface area contributed by atoms with Gasteiger partial charge in [-0.1, -0.05) is 59.8 Å². The van der Waals surface area contributed by atoms with Crippen molar-refractivity contribution in [3.05, 3.63) is 60.8 Å². The lowest BCUT2D eigenvalue weighted by atomic mass is 9.75. The number of hydrogen-bond donors (Lipinski definition) is 2. The monoisotopic (exact) mass is 472 g/mol. The molecule has 4 atom stereocenters. The molecule has 3 aromatic rings. The summed E-state index contributed by atoms with van der Waals surface area (Å²) in [6, 6.07) is 19.1. The van der Waals surface area contributed by atoms with Crippen molar-refractivity contribution in [3.8, 4) is 22.4 Å². The van der Waals surface area contributed by atoms with Gasteiger partial charge >= 0.3 is 0 Å². The van der Waals surface area contributed by atoms with E-state index in [1.54, 1.807) is 0 Å². The molecule has 0 saturated carbocycles. The molecule has 2 bridgehead atoms. The van der Waals surface area contributed by atoms with Gasteiger partial charge in [0.05, 0.1) is 18.7 Å². The summed E-state index contributed by atoms with van der Waals surface area (Å²) in [5, 5.41) is 14.5. The Bertz CT molecular complexity index is 1160. The van der Waals surface area contributed by atoms with Gasteiger partial charge in [-0.05, 0) is 36.4 Å². The normalized spacial score (nSPS) is 23.1. The molecule has 0 aliphatic carbocycles. The van der Waals surface area contributed by atoms with E-state index in [0.29, 0.717) is 25.0 Å². The molecule has 3 saturated heterocycles. The van der Waals surface area contributed by atoms with Crippen LogP contribution in [0.5, 0.6) is 0 Å². The third kappa shape index (κ3) is 5.43. The molecule has 4 heterocycles. The fourth-order valence-electron chi connectivity index (χ4n) is 5.38. The fourth-order valence-corrected chi connectivity index (χ4v) is 5.38. The molecular weight excluding hydrogens is 440 g/mol. The van der Waals surface area contributed by atoms with Gasteiger partial charge in [0.15, 0.2) is 0 Å². The molecule has 35 heavy (non-hydrogen) atoms. The first-order chi connectivity index (χ1) is 17.1. The number of amides is 2. The highest BCUT2D eigenvalue weighted by molar-refractivity contribution is 5.79. The van der Waals surface area contributed by atoms with Gasteiger partial charge in [-0.15, -0.1) is 5.10 Å². The van der Waals surface area contributed by atoms with Crippen LogP contribution in [0.1, 0.15) is 19.8 Å². The number of carbonyl (C=O) groups is 2. The van der Waals surface area contributed by atoms with Crippen LogP contribution in [-0.4, -0.2) is 63.9 Å². The maximum absolute atomic E-state index is 12.7. The van der Waals surface area contributed by atoms with Gasteiger partial charge in [0.2, 0.25) is 11.8 Å². The van der Waals surface area contributed by atoms with Crippen molar-refractivity contribution >= 4 is 11.8 Å². The molecule has 3 aliphatic heterocycles. The summed E-state index contributed by atoms with van der Waals surface area (Å²) >= 11 is 0. The van der Waals surface area contributed by atoms with Crippen LogP contribution in [0.2, 0.25) is 0 Å². The Morgan fingerprint density at radius 1 is 0.971 bits per heavy atom. The highest BCUT2D eigenvalue weighted by Gasteiger charge is 2.43. The van der Waals surface area contributed by atoms with Crippen molar-refractivity contribution in [2.24, 2.45) is 11.8 Å². The van der Waals surface area contributed by atoms with E-state index in [4.69, 9.17) is 0 Å². The summed E-state index contributed by atoms with van der Waals surface area (Å²) in [6.07, 6.45) is 4.06. The molecule has 1 aromatic heterocycles. The molecule has 0 spiro atoms. The summed E-state index contributed by atoms with van der Waals surface area (Å²) in [5.41, 5.74) is 4.31. The van der Waals surface area contributed by atoms with Crippen LogP contribution in [0, 0.1) is 11.8 Å². The summed E-state index contributed by atoms with van der Waals surface area (Å²) in [4.78, 5) is 26.1. The first-order valence-electron chi connectivity index (χ1n) is 12.4. The molecule has 2 N–H and O–H groups in total. The van der Waals surface area contributed by atoms with Crippen LogP contribution in [0.3, 0.4) is 0 Å². The molecule has 182 valence electrons. The van der Waals surface area contributed by atoms with Crippen LogP contribution in [0.15, 0.2) is 60.8 Å². The van der Waals surface area contributed by atoms with E-state index in [2.05, 4.69) is 62.2 Å². The van der Waals surface area contributed by atoms with E-state index in [0.717, 1.165) is 43.7 Å². The molecule has 3 fully saturated rings. The lowest BCUT2D eigenvalue weighted by molar-refractivity contribution is -0.133. The van der Waals surface area contributed by atoms with Gasteiger partial charge in [0, 0.05) is 38.2 Å². The lowest BCUT2D eigenvalue weighted by Crippen LogP contribution is -2.58. The van der Waals surface area contributed by atoms with E-state index < -0.39 is 0 Å². The molecule has 0 radical (unpaired) electrons. The zero-order chi connectivity index (χ0) is 24.2. The quantitative estimate of drug-likeness (QED) is 0.492. The third-order valence-electron chi connectivity index (χ3n) is 7.24. The average molecular weight is 473 g/mol. The number of carbonyl (C=O) groups excluding carboxylic acids is 2. The second kappa shape index (κ2) is 10.4. The van der Waals surface area contributed by atoms with E-state index in [1.807, 2.05) is 29.1 Å².